The molecule has 1 atom stereocenters. The second-order valence-corrected chi connectivity index (χ2v) is 14.6. The number of hydrogen-bond acceptors (Lipinski definition) is 2. The maximum Gasteiger partial charge on any atom is 0.120 e. The fourth-order valence-corrected chi connectivity index (χ4v) is 9.07. The Labute approximate surface area is 323 Å². The predicted octanol–water partition coefficient (Wildman–Crippen LogP) is 12.4. The van der Waals surface area contributed by atoms with E-state index >= 15 is 0 Å². The lowest BCUT2D eigenvalue weighted by atomic mass is 9.67. The Morgan fingerprint density at radius 2 is 1.11 bits per heavy atom. The molecular weight excluding hydrogens is 665 g/mol. The molecule has 1 unspecified atom stereocenters. The third kappa shape index (κ3) is 5.41. The molecule has 2 nitrogen and oxygen atoms in total. The van der Waals surface area contributed by atoms with E-state index in [4.69, 9.17) is 6.58 Å². The lowest BCUT2D eigenvalue weighted by Gasteiger charge is -2.39. The van der Waals surface area contributed by atoms with E-state index in [1.807, 2.05) is 0 Å². The van der Waals surface area contributed by atoms with E-state index in [1.165, 1.54) is 61.2 Å². The van der Waals surface area contributed by atoms with Crippen molar-refractivity contribution in [2.45, 2.75) is 11.6 Å². The first-order chi connectivity index (χ1) is 27.2. The van der Waals surface area contributed by atoms with Crippen LogP contribution >= 0.6 is 0 Å². The zero-order valence-corrected chi connectivity index (χ0v) is 30.6. The number of nitrogens with zero attached hydrogens (tertiary/aromatic N) is 1. The maximum absolute atomic E-state index is 4.70. The lowest BCUT2D eigenvalue weighted by molar-refractivity contribution is 0.758. The Morgan fingerprint density at radius 3 is 1.80 bits per heavy atom. The highest BCUT2D eigenvalue weighted by Crippen LogP contribution is 2.56. The van der Waals surface area contributed by atoms with Crippen molar-refractivity contribution < 1.29 is 0 Å². The number of anilines is 2. The summed E-state index contributed by atoms with van der Waals surface area (Å²) in [6.45, 7) is 5.37. The Kier molecular flexibility index (Phi) is 8.03. The van der Waals surface area contributed by atoms with E-state index < -0.39 is 5.41 Å². The topological polar surface area (TPSA) is 15.3 Å². The Bertz CT molecular complexity index is 2620. The van der Waals surface area contributed by atoms with Crippen molar-refractivity contribution in [3.05, 3.63) is 257 Å². The third-order valence-electron chi connectivity index (χ3n) is 11.6. The molecular formula is C53H40N2. The van der Waals surface area contributed by atoms with Crippen LogP contribution in [0.4, 0.5) is 11.4 Å². The summed E-state index contributed by atoms with van der Waals surface area (Å²) in [5.74, 6) is 0. The van der Waals surface area contributed by atoms with Gasteiger partial charge in [0, 0.05) is 29.0 Å². The molecule has 7 aromatic rings. The van der Waals surface area contributed by atoms with Gasteiger partial charge in [0.2, 0.25) is 0 Å². The van der Waals surface area contributed by atoms with Crippen molar-refractivity contribution >= 4 is 28.1 Å². The van der Waals surface area contributed by atoms with Crippen molar-refractivity contribution in [3.8, 4) is 11.1 Å². The van der Waals surface area contributed by atoms with Crippen molar-refractivity contribution in [2.24, 2.45) is 0 Å². The highest BCUT2D eigenvalue weighted by atomic mass is 15.3. The molecule has 262 valence electrons. The molecule has 2 heteroatoms. The quantitative estimate of drug-likeness (QED) is 0.192. The van der Waals surface area contributed by atoms with Crippen LogP contribution in [0.1, 0.15) is 44.5 Å². The number of para-hydroxylation sites is 1. The summed E-state index contributed by atoms with van der Waals surface area (Å²) in [5.41, 5.74) is 17.5. The molecule has 7 aromatic carbocycles. The smallest absolute Gasteiger partial charge is 0.120 e. The van der Waals surface area contributed by atoms with Gasteiger partial charge in [0.25, 0.3) is 0 Å². The fourth-order valence-electron chi connectivity index (χ4n) is 9.07. The van der Waals surface area contributed by atoms with Gasteiger partial charge in [0.1, 0.15) is 6.17 Å². The molecule has 0 saturated carbocycles. The molecule has 0 saturated heterocycles. The van der Waals surface area contributed by atoms with E-state index in [-0.39, 0.29) is 6.17 Å². The molecule has 55 heavy (non-hydrogen) atoms. The summed E-state index contributed by atoms with van der Waals surface area (Å²) < 4.78 is 0. The van der Waals surface area contributed by atoms with Crippen LogP contribution in [0.15, 0.2) is 213 Å². The van der Waals surface area contributed by atoms with Crippen molar-refractivity contribution in [3.63, 3.8) is 0 Å². The standard InChI is InChI=1S/C53H40N2/c1-37-29-30-39(38-17-5-2-6-18-38)33-34-55(52-36-47(40-19-7-3-8-20-40)46-25-13-16-28-50(46)54-52)51-35-42(31-32-43(37)51)53(41-21-9-4-10-22-41)48-26-14-11-23-44(48)45-24-12-15-27-49(45)53/h2-33,35-36,52,54H,1,34H2/b30-29-,39-33+. The third-order valence-corrected chi connectivity index (χ3v) is 11.6. The average molecular weight is 705 g/mol. The largest absolute Gasteiger partial charge is 0.361 e. The Hall–Kier alpha value is -6.90. The summed E-state index contributed by atoms with van der Waals surface area (Å²) in [7, 11) is 0. The average Bonchev–Trinajstić information content (AvgIpc) is 3.59. The van der Waals surface area contributed by atoms with Gasteiger partial charge in [-0.05, 0) is 79.4 Å². The van der Waals surface area contributed by atoms with Crippen LogP contribution in [0.25, 0.3) is 27.8 Å². The second-order valence-electron chi connectivity index (χ2n) is 14.6. The van der Waals surface area contributed by atoms with Crippen LogP contribution in [0.5, 0.6) is 0 Å². The van der Waals surface area contributed by atoms with Gasteiger partial charge in [-0.15, -0.1) is 0 Å². The summed E-state index contributed by atoms with van der Waals surface area (Å²) in [6, 6.07) is 66.2. The normalized spacial score (nSPS) is 18.1. The molecule has 0 bridgehead atoms. The van der Waals surface area contributed by atoms with Crippen molar-refractivity contribution in [2.75, 3.05) is 16.8 Å². The van der Waals surface area contributed by atoms with Gasteiger partial charge in [-0.1, -0.05) is 195 Å². The number of nitrogens with one attached hydrogen (secondary N) is 1. The second kappa shape index (κ2) is 13.5. The molecule has 1 N–H and O–H groups in total. The first kappa shape index (κ1) is 32.7. The van der Waals surface area contributed by atoms with Crippen molar-refractivity contribution in [1.29, 1.82) is 0 Å². The molecule has 0 amide bonds. The van der Waals surface area contributed by atoms with Crippen LogP contribution in [-0.2, 0) is 5.41 Å². The van der Waals surface area contributed by atoms with Gasteiger partial charge in [0.05, 0.1) is 5.41 Å². The predicted molar refractivity (Wildman–Crippen MR) is 231 cm³/mol. The Balaban J connectivity index is 1.23. The van der Waals surface area contributed by atoms with Gasteiger partial charge in [-0.2, -0.15) is 0 Å². The molecule has 1 aliphatic carbocycles. The lowest BCUT2D eigenvalue weighted by Crippen LogP contribution is -2.42. The summed E-state index contributed by atoms with van der Waals surface area (Å²) in [6.07, 6.45) is 9.03. The number of allylic oxidation sites excluding steroid dienone is 4. The molecule has 0 fully saturated rings. The maximum atomic E-state index is 4.70. The highest BCUT2D eigenvalue weighted by Gasteiger charge is 2.46. The SMILES string of the molecule is C=C1/C=C\C(c2ccccc2)=C/CN(C2C=C(c3ccccc3)c3ccccc3N2)c2cc(C3(c4ccccc4)c4ccccc4-c4ccccc43)ccc21. The van der Waals surface area contributed by atoms with Crippen LogP contribution in [-0.4, -0.2) is 12.7 Å². The molecule has 3 aliphatic rings. The molecule has 10 rings (SSSR count). The fraction of sp³-hybridized carbons (Fsp3) is 0.0566. The van der Waals surface area contributed by atoms with Crippen LogP contribution in [0.2, 0.25) is 0 Å². The molecule has 0 radical (unpaired) electrons. The number of fused-ring (bicyclic) bond motifs is 5. The van der Waals surface area contributed by atoms with Gasteiger partial charge >= 0.3 is 0 Å². The molecule has 2 aliphatic heterocycles. The van der Waals surface area contributed by atoms with Crippen LogP contribution in [0.3, 0.4) is 0 Å². The van der Waals surface area contributed by atoms with E-state index in [9.17, 15) is 0 Å². The van der Waals surface area contributed by atoms with E-state index in [2.05, 4.69) is 217 Å². The molecule has 2 heterocycles. The van der Waals surface area contributed by atoms with Gasteiger partial charge < -0.3 is 10.2 Å². The first-order valence-electron chi connectivity index (χ1n) is 19.1. The zero-order valence-electron chi connectivity index (χ0n) is 30.6. The van der Waals surface area contributed by atoms with E-state index in [0.717, 1.165) is 22.5 Å². The highest BCUT2D eigenvalue weighted by molar-refractivity contribution is 5.92. The molecule has 0 spiro atoms. The first-order valence-corrected chi connectivity index (χ1v) is 19.1. The van der Waals surface area contributed by atoms with Crippen LogP contribution in [0, 0.1) is 0 Å². The monoisotopic (exact) mass is 704 g/mol. The zero-order chi connectivity index (χ0) is 36.8. The Morgan fingerprint density at radius 1 is 0.527 bits per heavy atom. The summed E-state index contributed by atoms with van der Waals surface area (Å²) in [5, 5.41) is 3.98. The van der Waals surface area contributed by atoms with E-state index in [1.54, 1.807) is 0 Å². The summed E-state index contributed by atoms with van der Waals surface area (Å²) >= 11 is 0. The van der Waals surface area contributed by atoms with Gasteiger partial charge in [-0.3, -0.25) is 0 Å². The minimum atomic E-state index is -0.520. The number of benzene rings is 7. The minimum Gasteiger partial charge on any atom is -0.361 e. The summed E-state index contributed by atoms with van der Waals surface area (Å²) in [4.78, 5) is 2.53. The number of rotatable bonds is 5. The number of hydrogen-bond donors (Lipinski definition) is 1. The van der Waals surface area contributed by atoms with Gasteiger partial charge in [0.15, 0.2) is 0 Å². The van der Waals surface area contributed by atoms with Gasteiger partial charge in [-0.25, -0.2) is 0 Å². The molecule has 0 aromatic heterocycles. The van der Waals surface area contributed by atoms with Crippen molar-refractivity contribution in [1.82, 2.24) is 0 Å². The minimum absolute atomic E-state index is 0.158. The van der Waals surface area contributed by atoms with E-state index in [0.29, 0.717) is 6.54 Å². The van der Waals surface area contributed by atoms with Crippen LogP contribution < -0.4 is 10.2 Å².